The Hall–Kier alpha value is -2.14. The van der Waals surface area contributed by atoms with Crippen LogP contribution in [0.25, 0.3) is 10.9 Å². The molecule has 0 saturated heterocycles. The summed E-state index contributed by atoms with van der Waals surface area (Å²) in [6, 6.07) is 4.09. The summed E-state index contributed by atoms with van der Waals surface area (Å²) in [5, 5.41) is 0.864. The predicted molar refractivity (Wildman–Crippen MR) is 95.8 cm³/mol. The average molecular weight is 330 g/mol. The first-order chi connectivity index (χ1) is 11.4. The van der Waals surface area contributed by atoms with Gasteiger partial charge in [-0.05, 0) is 58.5 Å². The Morgan fingerprint density at radius 1 is 1.25 bits per heavy atom. The number of carbonyl (C=O) groups is 1. The van der Waals surface area contributed by atoms with Crippen molar-refractivity contribution in [3.63, 3.8) is 0 Å². The molecule has 0 N–H and O–H groups in total. The molecular formula is C19H26N2O3. The maximum atomic E-state index is 12.3. The summed E-state index contributed by atoms with van der Waals surface area (Å²) >= 11 is 0. The van der Waals surface area contributed by atoms with Crippen LogP contribution in [0.3, 0.4) is 0 Å². The van der Waals surface area contributed by atoms with Crippen molar-refractivity contribution < 1.29 is 14.3 Å². The lowest BCUT2D eigenvalue weighted by Gasteiger charge is -2.16. The molecule has 0 amide bonds. The van der Waals surface area contributed by atoms with Crippen LogP contribution >= 0.6 is 0 Å². The molecule has 0 radical (unpaired) electrons. The van der Waals surface area contributed by atoms with Gasteiger partial charge < -0.3 is 14.4 Å². The zero-order valence-electron chi connectivity index (χ0n) is 15.2. The molecule has 0 atom stereocenters. The van der Waals surface area contributed by atoms with Gasteiger partial charge in [0.2, 0.25) is 0 Å². The van der Waals surface area contributed by atoms with Gasteiger partial charge in [-0.15, -0.1) is 0 Å². The summed E-state index contributed by atoms with van der Waals surface area (Å²) in [7, 11) is 4.05. The monoisotopic (exact) mass is 330 g/mol. The Kier molecular flexibility index (Phi) is 6.15. The average Bonchev–Trinajstić information content (AvgIpc) is 2.51. The molecule has 0 unspecified atom stereocenters. The Balaban J connectivity index is 2.43. The van der Waals surface area contributed by atoms with Crippen molar-refractivity contribution in [3.8, 4) is 5.75 Å². The maximum Gasteiger partial charge on any atom is 0.343 e. The van der Waals surface area contributed by atoms with E-state index >= 15 is 0 Å². The molecule has 1 heterocycles. The van der Waals surface area contributed by atoms with Gasteiger partial charge in [0.1, 0.15) is 11.3 Å². The number of aryl methyl sites for hydroxylation is 2. The number of nitrogens with zero attached hydrogens (tertiary/aromatic N) is 2. The number of hydrogen-bond donors (Lipinski definition) is 0. The van der Waals surface area contributed by atoms with Gasteiger partial charge in [0.25, 0.3) is 0 Å². The van der Waals surface area contributed by atoms with Gasteiger partial charge in [-0.25, -0.2) is 4.79 Å². The van der Waals surface area contributed by atoms with E-state index in [0.29, 0.717) is 24.5 Å². The largest absolute Gasteiger partial charge is 0.492 e. The molecule has 0 aliphatic carbocycles. The van der Waals surface area contributed by atoms with Gasteiger partial charge in [0.15, 0.2) is 0 Å². The van der Waals surface area contributed by atoms with Crippen molar-refractivity contribution in [3.05, 3.63) is 35.0 Å². The maximum absolute atomic E-state index is 12.3. The fourth-order valence-electron chi connectivity index (χ4n) is 2.70. The standard InChI is InChI=1S/C19H26N2O3/c1-6-23-19(22)16-12-20-17-14(3)10-13(2)11-15(17)18(16)24-9-7-8-21(4)5/h10-12H,6-9H2,1-5H3. The van der Waals surface area contributed by atoms with E-state index in [0.717, 1.165) is 35.0 Å². The summed E-state index contributed by atoms with van der Waals surface area (Å²) in [6.45, 7) is 7.62. The van der Waals surface area contributed by atoms with Crippen molar-refractivity contribution in [1.29, 1.82) is 0 Å². The number of aromatic nitrogens is 1. The highest BCUT2D eigenvalue weighted by molar-refractivity contribution is 6.00. The van der Waals surface area contributed by atoms with E-state index in [1.807, 2.05) is 34.0 Å². The summed E-state index contributed by atoms with van der Waals surface area (Å²) in [5.74, 6) is 0.178. The third-order valence-electron chi connectivity index (χ3n) is 3.75. The fraction of sp³-hybridized carbons (Fsp3) is 0.474. The highest BCUT2D eigenvalue weighted by Gasteiger charge is 2.19. The summed E-state index contributed by atoms with van der Waals surface area (Å²) in [5.41, 5.74) is 3.43. The molecule has 1 aromatic heterocycles. The molecule has 0 fully saturated rings. The Labute approximate surface area is 143 Å². The number of esters is 1. The summed E-state index contributed by atoms with van der Waals surface area (Å²) < 4.78 is 11.2. The lowest BCUT2D eigenvalue weighted by atomic mass is 10.0. The zero-order valence-corrected chi connectivity index (χ0v) is 15.2. The van der Waals surface area contributed by atoms with E-state index < -0.39 is 5.97 Å². The number of benzene rings is 1. The molecule has 130 valence electrons. The number of pyridine rings is 1. The third kappa shape index (κ3) is 4.23. The number of carbonyl (C=O) groups excluding carboxylic acids is 1. The smallest absolute Gasteiger partial charge is 0.343 e. The second-order valence-electron chi connectivity index (χ2n) is 6.20. The molecule has 0 aliphatic rings. The van der Waals surface area contributed by atoms with Gasteiger partial charge in [0, 0.05) is 18.1 Å². The first-order valence-electron chi connectivity index (χ1n) is 8.28. The first-order valence-corrected chi connectivity index (χ1v) is 8.28. The highest BCUT2D eigenvalue weighted by Crippen LogP contribution is 2.31. The summed E-state index contributed by atoms with van der Waals surface area (Å²) in [6.07, 6.45) is 2.44. The van der Waals surface area contributed by atoms with Crippen LogP contribution in [0.15, 0.2) is 18.3 Å². The fourth-order valence-corrected chi connectivity index (χ4v) is 2.70. The Morgan fingerprint density at radius 2 is 2.00 bits per heavy atom. The normalized spacial score (nSPS) is 11.1. The second kappa shape index (κ2) is 8.11. The highest BCUT2D eigenvalue weighted by atomic mass is 16.5. The van der Waals surface area contributed by atoms with E-state index in [2.05, 4.69) is 16.0 Å². The van der Waals surface area contributed by atoms with E-state index in [4.69, 9.17) is 9.47 Å². The van der Waals surface area contributed by atoms with Crippen LogP contribution in [0.2, 0.25) is 0 Å². The SMILES string of the molecule is CCOC(=O)c1cnc2c(C)cc(C)cc2c1OCCCN(C)C. The zero-order chi connectivity index (χ0) is 17.7. The van der Waals surface area contributed by atoms with Crippen LogP contribution in [-0.2, 0) is 4.74 Å². The van der Waals surface area contributed by atoms with Gasteiger partial charge in [-0.1, -0.05) is 6.07 Å². The van der Waals surface area contributed by atoms with E-state index in [9.17, 15) is 4.79 Å². The molecule has 5 nitrogen and oxygen atoms in total. The molecule has 0 aliphatic heterocycles. The van der Waals surface area contributed by atoms with Crippen LogP contribution in [0.4, 0.5) is 0 Å². The van der Waals surface area contributed by atoms with Crippen LogP contribution in [0.5, 0.6) is 5.75 Å². The van der Waals surface area contributed by atoms with E-state index in [1.165, 1.54) is 0 Å². The molecule has 24 heavy (non-hydrogen) atoms. The van der Waals surface area contributed by atoms with Crippen molar-refractivity contribution in [2.24, 2.45) is 0 Å². The van der Waals surface area contributed by atoms with E-state index in [1.54, 1.807) is 13.1 Å². The lowest BCUT2D eigenvalue weighted by molar-refractivity contribution is 0.0521. The third-order valence-corrected chi connectivity index (χ3v) is 3.75. The molecule has 1 aromatic carbocycles. The van der Waals surface area contributed by atoms with E-state index in [-0.39, 0.29) is 0 Å². The molecule has 0 bridgehead atoms. The minimum absolute atomic E-state index is 0.323. The minimum Gasteiger partial charge on any atom is -0.492 e. The number of fused-ring (bicyclic) bond motifs is 1. The lowest BCUT2D eigenvalue weighted by Crippen LogP contribution is -2.16. The van der Waals surface area contributed by atoms with Crippen molar-refractivity contribution in [2.45, 2.75) is 27.2 Å². The molecule has 0 spiro atoms. The van der Waals surface area contributed by atoms with Crippen LogP contribution in [-0.4, -0.2) is 49.7 Å². The van der Waals surface area contributed by atoms with Crippen molar-refractivity contribution in [2.75, 3.05) is 33.9 Å². The quantitative estimate of drug-likeness (QED) is 0.575. The Bertz CT molecular complexity index is 726. The van der Waals surface area contributed by atoms with Gasteiger partial charge in [-0.3, -0.25) is 4.98 Å². The molecule has 5 heteroatoms. The minimum atomic E-state index is -0.395. The van der Waals surface area contributed by atoms with Crippen LogP contribution in [0, 0.1) is 13.8 Å². The molecule has 2 aromatic rings. The van der Waals surface area contributed by atoms with Gasteiger partial charge in [-0.2, -0.15) is 0 Å². The number of ether oxygens (including phenoxy) is 2. The van der Waals surface area contributed by atoms with Crippen LogP contribution in [0.1, 0.15) is 34.8 Å². The number of hydrogen-bond acceptors (Lipinski definition) is 5. The predicted octanol–water partition coefficient (Wildman–Crippen LogP) is 3.36. The number of rotatable bonds is 7. The second-order valence-corrected chi connectivity index (χ2v) is 6.20. The first kappa shape index (κ1) is 18.2. The topological polar surface area (TPSA) is 51.7 Å². The van der Waals surface area contributed by atoms with Crippen molar-refractivity contribution >= 4 is 16.9 Å². The Morgan fingerprint density at radius 3 is 2.67 bits per heavy atom. The molecule has 2 rings (SSSR count). The summed E-state index contributed by atoms with van der Waals surface area (Å²) in [4.78, 5) is 18.8. The van der Waals surface area contributed by atoms with Crippen LogP contribution < -0.4 is 4.74 Å². The van der Waals surface area contributed by atoms with Gasteiger partial charge in [0.05, 0.1) is 18.7 Å². The molecular weight excluding hydrogens is 304 g/mol. The van der Waals surface area contributed by atoms with Gasteiger partial charge >= 0.3 is 5.97 Å². The molecule has 0 saturated carbocycles. The van der Waals surface area contributed by atoms with Crippen molar-refractivity contribution in [1.82, 2.24) is 9.88 Å².